The molecule has 0 amide bonds. The fraction of sp³-hybridized carbons (Fsp3) is 0.571. The number of aryl methyl sites for hydroxylation is 2. The van der Waals surface area contributed by atoms with E-state index in [1.165, 1.54) is 0 Å². The van der Waals surface area contributed by atoms with E-state index in [4.69, 9.17) is 0 Å². The molecule has 1 rings (SSSR count). The zero-order chi connectivity index (χ0) is 11.2. The molecule has 0 saturated heterocycles. The number of halogens is 4. The maximum absolute atomic E-state index is 9.75. The van der Waals surface area contributed by atoms with Crippen LogP contribution in [0.15, 0.2) is 18.7 Å². The van der Waals surface area contributed by atoms with Crippen molar-refractivity contribution >= 4 is 7.25 Å². The van der Waals surface area contributed by atoms with Gasteiger partial charge < -0.3 is 17.3 Å². The number of aromatic nitrogens is 2. The Balaban J connectivity index is 0.000000292. The van der Waals surface area contributed by atoms with Crippen molar-refractivity contribution in [1.82, 2.24) is 4.57 Å². The van der Waals surface area contributed by atoms with Crippen LogP contribution >= 0.6 is 0 Å². The first-order valence-corrected chi connectivity index (χ1v) is 4.29. The van der Waals surface area contributed by atoms with Gasteiger partial charge in [-0.25, -0.2) is 9.13 Å². The van der Waals surface area contributed by atoms with Crippen LogP contribution in [0.25, 0.3) is 0 Å². The maximum Gasteiger partial charge on any atom is 0.673 e. The Labute approximate surface area is 80.3 Å². The second-order valence-corrected chi connectivity index (χ2v) is 2.57. The molecule has 0 fully saturated rings. The average molecular weight is 212 g/mol. The van der Waals surface area contributed by atoms with Gasteiger partial charge in [-0.3, -0.25) is 0 Å². The van der Waals surface area contributed by atoms with Gasteiger partial charge >= 0.3 is 7.25 Å². The first-order valence-electron chi connectivity index (χ1n) is 4.29. The average Bonchev–Trinajstić information content (AvgIpc) is 2.48. The van der Waals surface area contributed by atoms with Crippen molar-refractivity contribution in [1.29, 1.82) is 0 Å². The zero-order valence-corrected chi connectivity index (χ0v) is 8.13. The second kappa shape index (κ2) is 5.67. The smallest absolute Gasteiger partial charge is 0.418 e. The summed E-state index contributed by atoms with van der Waals surface area (Å²) in [5.41, 5.74) is 0. The quantitative estimate of drug-likeness (QED) is 0.403. The Morgan fingerprint density at radius 3 is 1.93 bits per heavy atom. The van der Waals surface area contributed by atoms with Crippen LogP contribution in [0.2, 0.25) is 0 Å². The molecular formula is C7H13BF4N2. The summed E-state index contributed by atoms with van der Waals surface area (Å²) < 4.78 is 43.3. The Morgan fingerprint density at radius 1 is 1.21 bits per heavy atom. The van der Waals surface area contributed by atoms with Gasteiger partial charge in [0.2, 0.25) is 6.33 Å². The van der Waals surface area contributed by atoms with E-state index >= 15 is 0 Å². The molecule has 0 radical (unpaired) electrons. The third-order valence-electron chi connectivity index (χ3n) is 1.48. The molecule has 0 bridgehead atoms. The van der Waals surface area contributed by atoms with E-state index in [1.54, 1.807) is 0 Å². The monoisotopic (exact) mass is 212 g/mol. The van der Waals surface area contributed by atoms with Crippen LogP contribution in [-0.2, 0) is 13.1 Å². The molecule has 1 heterocycles. The fourth-order valence-corrected chi connectivity index (χ4v) is 0.813. The summed E-state index contributed by atoms with van der Waals surface area (Å²) in [4.78, 5) is 0. The normalized spacial score (nSPS) is 10.7. The molecule has 1 aromatic rings. The van der Waals surface area contributed by atoms with Crippen LogP contribution < -0.4 is 4.57 Å². The summed E-state index contributed by atoms with van der Waals surface area (Å²) in [5, 5.41) is 0. The van der Waals surface area contributed by atoms with E-state index in [-0.39, 0.29) is 0 Å². The predicted molar refractivity (Wildman–Crippen MR) is 46.2 cm³/mol. The van der Waals surface area contributed by atoms with E-state index in [9.17, 15) is 17.3 Å². The lowest BCUT2D eigenvalue weighted by Gasteiger charge is -1.94. The van der Waals surface area contributed by atoms with Crippen molar-refractivity contribution in [3.8, 4) is 0 Å². The molecule has 0 N–H and O–H groups in total. The molecule has 2 nitrogen and oxygen atoms in total. The van der Waals surface area contributed by atoms with E-state index in [0.29, 0.717) is 0 Å². The van der Waals surface area contributed by atoms with Gasteiger partial charge in [-0.05, 0) is 13.8 Å². The number of hydrogen-bond donors (Lipinski definition) is 0. The van der Waals surface area contributed by atoms with Gasteiger partial charge in [0.15, 0.2) is 0 Å². The van der Waals surface area contributed by atoms with Crippen LogP contribution in [0.5, 0.6) is 0 Å². The predicted octanol–water partition coefficient (Wildman–Crippen LogP) is 2.12. The highest BCUT2D eigenvalue weighted by molar-refractivity contribution is 6.50. The van der Waals surface area contributed by atoms with E-state index in [0.717, 1.165) is 13.1 Å². The minimum absolute atomic E-state index is 1.06. The molecule has 0 atom stereocenters. The minimum Gasteiger partial charge on any atom is -0.418 e. The van der Waals surface area contributed by atoms with Crippen molar-refractivity contribution in [2.75, 3.05) is 0 Å². The highest BCUT2D eigenvalue weighted by Crippen LogP contribution is 2.06. The lowest BCUT2D eigenvalue weighted by molar-refractivity contribution is -0.693. The first kappa shape index (κ1) is 13.0. The Hall–Kier alpha value is -1.01. The first-order chi connectivity index (χ1) is 6.36. The molecule has 82 valence electrons. The molecule has 7 heteroatoms. The summed E-state index contributed by atoms with van der Waals surface area (Å²) in [6.07, 6.45) is 6.28. The number of rotatable bonds is 2. The molecule has 0 aliphatic heterocycles. The number of imidazole rings is 1. The van der Waals surface area contributed by atoms with E-state index in [2.05, 4.69) is 41.7 Å². The molecule has 0 unspecified atom stereocenters. The van der Waals surface area contributed by atoms with Crippen molar-refractivity contribution in [3.05, 3.63) is 18.7 Å². The van der Waals surface area contributed by atoms with Crippen molar-refractivity contribution in [2.45, 2.75) is 26.9 Å². The van der Waals surface area contributed by atoms with Crippen LogP contribution in [0, 0.1) is 0 Å². The van der Waals surface area contributed by atoms with Gasteiger partial charge in [0.05, 0.1) is 13.1 Å². The van der Waals surface area contributed by atoms with Gasteiger partial charge in [0.25, 0.3) is 0 Å². The van der Waals surface area contributed by atoms with Crippen molar-refractivity contribution < 1.29 is 21.8 Å². The molecule has 0 spiro atoms. The highest BCUT2D eigenvalue weighted by atomic mass is 19.5. The fourth-order valence-electron chi connectivity index (χ4n) is 0.813. The minimum atomic E-state index is -6.00. The molecule has 0 saturated carbocycles. The van der Waals surface area contributed by atoms with Gasteiger partial charge in [-0.2, -0.15) is 0 Å². The van der Waals surface area contributed by atoms with E-state index < -0.39 is 7.25 Å². The van der Waals surface area contributed by atoms with Crippen LogP contribution in [-0.4, -0.2) is 11.8 Å². The summed E-state index contributed by atoms with van der Waals surface area (Å²) in [7, 11) is -6.00. The van der Waals surface area contributed by atoms with Gasteiger partial charge in [0.1, 0.15) is 12.4 Å². The molecule has 0 aliphatic carbocycles. The molecule has 14 heavy (non-hydrogen) atoms. The lowest BCUT2D eigenvalue weighted by Crippen LogP contribution is -2.28. The Bertz CT molecular complexity index is 234. The molecule has 1 aromatic heterocycles. The third kappa shape index (κ3) is 7.63. The van der Waals surface area contributed by atoms with Gasteiger partial charge in [-0.15, -0.1) is 0 Å². The van der Waals surface area contributed by atoms with Crippen LogP contribution in [0.4, 0.5) is 17.3 Å². The number of nitrogens with zero attached hydrogens (tertiary/aromatic N) is 2. The highest BCUT2D eigenvalue weighted by Gasteiger charge is 2.20. The van der Waals surface area contributed by atoms with Crippen LogP contribution in [0.3, 0.4) is 0 Å². The van der Waals surface area contributed by atoms with Gasteiger partial charge in [-0.1, -0.05) is 0 Å². The number of hydrogen-bond acceptors (Lipinski definition) is 0. The SMILES string of the molecule is CCn1cc[n+](CC)c1.F[B-](F)(F)F. The zero-order valence-electron chi connectivity index (χ0n) is 8.13. The van der Waals surface area contributed by atoms with Crippen LogP contribution in [0.1, 0.15) is 13.8 Å². The summed E-state index contributed by atoms with van der Waals surface area (Å²) in [6.45, 7) is 6.40. The van der Waals surface area contributed by atoms with Crippen molar-refractivity contribution in [2.24, 2.45) is 0 Å². The second-order valence-electron chi connectivity index (χ2n) is 2.57. The third-order valence-corrected chi connectivity index (χ3v) is 1.48. The Kier molecular flexibility index (Phi) is 5.26. The van der Waals surface area contributed by atoms with Crippen molar-refractivity contribution in [3.63, 3.8) is 0 Å². The lowest BCUT2D eigenvalue weighted by atomic mass is 10.3. The Morgan fingerprint density at radius 2 is 1.71 bits per heavy atom. The standard InChI is InChI=1S/C7H13N2.BF4/c1-3-8-5-6-9(4-2)7-8;2-1(3,4)5/h5-7H,3-4H2,1-2H3;/q+1;-1. The maximum atomic E-state index is 9.75. The van der Waals surface area contributed by atoms with E-state index in [1.807, 2.05) is 0 Å². The summed E-state index contributed by atoms with van der Waals surface area (Å²) in [5.74, 6) is 0. The topological polar surface area (TPSA) is 8.81 Å². The largest absolute Gasteiger partial charge is 0.673 e. The van der Waals surface area contributed by atoms with Gasteiger partial charge in [0, 0.05) is 0 Å². The summed E-state index contributed by atoms with van der Waals surface area (Å²) >= 11 is 0. The summed E-state index contributed by atoms with van der Waals surface area (Å²) in [6, 6.07) is 0. The molecular weight excluding hydrogens is 199 g/mol. The molecule has 0 aromatic carbocycles. The molecule has 0 aliphatic rings.